The Kier molecular flexibility index (Phi) is 8.38. The smallest absolute Gasteiger partial charge is 0.464 e. The lowest BCUT2D eigenvalue weighted by molar-refractivity contribution is -0.189. The van der Waals surface area contributed by atoms with E-state index in [4.69, 9.17) is 14.0 Å². The maximum absolute atomic E-state index is 14.0. The molecule has 0 aromatic carbocycles. The minimum Gasteiger partial charge on any atom is -0.464 e. The quantitative estimate of drug-likeness (QED) is 0.232. The van der Waals surface area contributed by atoms with Gasteiger partial charge < -0.3 is 14.3 Å². The van der Waals surface area contributed by atoms with Gasteiger partial charge >= 0.3 is 27.3 Å². The summed E-state index contributed by atoms with van der Waals surface area (Å²) in [6.07, 6.45) is 9.60. The van der Waals surface area contributed by atoms with E-state index in [9.17, 15) is 31.6 Å². The molecule has 1 heterocycles. The molecule has 0 radical (unpaired) electrons. The highest BCUT2D eigenvalue weighted by Gasteiger charge is 2.58. The molecular formula is C26H36F2O8S3. The van der Waals surface area contributed by atoms with Crippen molar-refractivity contribution in [1.29, 1.82) is 0 Å². The van der Waals surface area contributed by atoms with Crippen molar-refractivity contribution in [2.24, 2.45) is 29.1 Å². The number of hydrogen-bond acceptors (Lipinski definition) is 9. The summed E-state index contributed by atoms with van der Waals surface area (Å²) in [4.78, 5) is 36.9. The lowest BCUT2D eigenvalue weighted by Crippen LogP contribution is -2.51. The SMILES string of the molecule is O=CC1CC2CCCC(C(=O)OCC3CSC(C4CC5CCCC(OC(=O)C(F)(F)S(=O)(=O)O)(C5)C4)S3)(C1)C2. The number of halogens is 2. The minimum atomic E-state index is -5.93. The van der Waals surface area contributed by atoms with Gasteiger partial charge in [0.2, 0.25) is 0 Å². The highest BCUT2D eigenvalue weighted by molar-refractivity contribution is 8.20. The van der Waals surface area contributed by atoms with E-state index in [1.54, 1.807) is 23.5 Å². The van der Waals surface area contributed by atoms with Crippen LogP contribution in [0.15, 0.2) is 0 Å². The van der Waals surface area contributed by atoms with Crippen LogP contribution >= 0.6 is 23.5 Å². The number of fused-ring (bicyclic) bond motifs is 4. The van der Waals surface area contributed by atoms with Crippen LogP contribution in [0.3, 0.4) is 0 Å². The minimum absolute atomic E-state index is 0.0660. The molecule has 5 aliphatic rings. The van der Waals surface area contributed by atoms with Crippen LogP contribution in [0, 0.1) is 29.1 Å². The number of ether oxygens (including phenoxy) is 2. The molecule has 4 aliphatic carbocycles. The second-order valence-corrected chi connectivity index (χ2v) is 16.7. The Bertz CT molecular complexity index is 1090. The van der Waals surface area contributed by atoms with Crippen LogP contribution in [-0.4, -0.2) is 64.2 Å². The van der Waals surface area contributed by atoms with Crippen molar-refractivity contribution in [3.05, 3.63) is 0 Å². The van der Waals surface area contributed by atoms with Crippen molar-refractivity contribution in [3.63, 3.8) is 0 Å². The molecule has 39 heavy (non-hydrogen) atoms. The monoisotopic (exact) mass is 610 g/mol. The van der Waals surface area contributed by atoms with Crippen molar-refractivity contribution in [2.45, 2.75) is 97.7 Å². The molecule has 5 fully saturated rings. The van der Waals surface area contributed by atoms with E-state index < -0.39 is 32.4 Å². The molecule has 8 unspecified atom stereocenters. The first-order valence-corrected chi connectivity index (χ1v) is 17.3. The number of thioether (sulfide) groups is 2. The fourth-order valence-corrected chi connectivity index (χ4v) is 11.7. The molecule has 0 aromatic heterocycles. The average Bonchev–Trinajstić information content (AvgIpc) is 3.35. The standard InChI is InChI=1S/C26H36F2O8S3/c27-26(28,39(32,33)34)23(31)36-25-6-2-4-17(11-25)8-19(12-25)21-37-15-20(38-21)14-35-22(30)24-5-1-3-16(9-24)7-18(10-24)13-29/h13,16-21H,1-12,14-15H2,(H,32,33,34). The first-order valence-electron chi connectivity index (χ1n) is 13.8. The van der Waals surface area contributed by atoms with E-state index in [1.807, 2.05) is 0 Å². The third-order valence-electron chi connectivity index (χ3n) is 9.47. The fourth-order valence-electron chi connectivity index (χ4n) is 7.91. The van der Waals surface area contributed by atoms with Crippen molar-refractivity contribution in [2.75, 3.05) is 12.4 Å². The molecule has 220 valence electrons. The van der Waals surface area contributed by atoms with Gasteiger partial charge in [0.25, 0.3) is 0 Å². The first-order chi connectivity index (χ1) is 18.3. The van der Waals surface area contributed by atoms with Gasteiger partial charge in [-0.05, 0) is 75.5 Å². The summed E-state index contributed by atoms with van der Waals surface area (Å²) < 4.78 is 70.1. The molecule has 8 atom stereocenters. The summed E-state index contributed by atoms with van der Waals surface area (Å²) in [6, 6.07) is 0. The van der Waals surface area contributed by atoms with E-state index in [2.05, 4.69) is 0 Å². The highest BCUT2D eigenvalue weighted by atomic mass is 32.2. The Morgan fingerprint density at radius 2 is 1.77 bits per heavy atom. The molecule has 8 nitrogen and oxygen atoms in total. The number of aldehydes is 1. The molecule has 4 bridgehead atoms. The summed E-state index contributed by atoms with van der Waals surface area (Å²) in [5.41, 5.74) is -1.72. The zero-order valence-electron chi connectivity index (χ0n) is 21.7. The number of carbonyl (C=O) groups is 3. The summed E-state index contributed by atoms with van der Waals surface area (Å²) in [5.74, 6) is -1.07. The van der Waals surface area contributed by atoms with Gasteiger partial charge in [0, 0.05) is 16.9 Å². The van der Waals surface area contributed by atoms with Crippen molar-refractivity contribution in [3.8, 4) is 0 Å². The zero-order valence-corrected chi connectivity index (χ0v) is 24.2. The topological polar surface area (TPSA) is 124 Å². The Balaban J connectivity index is 1.18. The van der Waals surface area contributed by atoms with Crippen LogP contribution in [0.25, 0.3) is 0 Å². The van der Waals surface area contributed by atoms with Crippen LogP contribution < -0.4 is 0 Å². The normalized spacial score (nSPS) is 40.5. The van der Waals surface area contributed by atoms with E-state index in [0.29, 0.717) is 38.0 Å². The summed E-state index contributed by atoms with van der Waals surface area (Å²) in [7, 11) is -5.93. The lowest BCUT2D eigenvalue weighted by atomic mass is 9.59. The third-order valence-corrected chi connectivity index (χ3v) is 13.9. The van der Waals surface area contributed by atoms with Gasteiger partial charge in [-0.3, -0.25) is 9.35 Å². The second kappa shape index (κ2) is 11.1. The van der Waals surface area contributed by atoms with Crippen LogP contribution in [0.1, 0.15) is 77.0 Å². The predicted molar refractivity (Wildman–Crippen MR) is 142 cm³/mol. The van der Waals surface area contributed by atoms with Gasteiger partial charge in [0.15, 0.2) is 0 Å². The summed E-state index contributed by atoms with van der Waals surface area (Å²) >= 11 is 3.43. The van der Waals surface area contributed by atoms with Gasteiger partial charge in [-0.15, -0.1) is 23.5 Å². The van der Waals surface area contributed by atoms with Crippen LogP contribution in [-0.2, 0) is 34.0 Å². The predicted octanol–water partition coefficient (Wildman–Crippen LogP) is 4.85. The number of esters is 2. The maximum atomic E-state index is 14.0. The van der Waals surface area contributed by atoms with E-state index in [-0.39, 0.29) is 40.2 Å². The molecule has 13 heteroatoms. The molecule has 0 spiro atoms. The molecule has 5 rings (SSSR count). The van der Waals surface area contributed by atoms with E-state index >= 15 is 0 Å². The second-order valence-electron chi connectivity index (χ2n) is 12.4. The van der Waals surface area contributed by atoms with E-state index in [0.717, 1.165) is 57.0 Å². The summed E-state index contributed by atoms with van der Waals surface area (Å²) in [6.45, 7) is 0.280. The molecule has 4 saturated carbocycles. The third kappa shape index (κ3) is 6.02. The van der Waals surface area contributed by atoms with Crippen LogP contribution in [0.2, 0.25) is 0 Å². The zero-order chi connectivity index (χ0) is 28.1. The molecule has 0 amide bonds. The fraction of sp³-hybridized carbons (Fsp3) is 0.885. The molecule has 1 N–H and O–H groups in total. The molecule has 1 saturated heterocycles. The Hall–Kier alpha value is -0.920. The van der Waals surface area contributed by atoms with Gasteiger partial charge in [-0.2, -0.15) is 17.2 Å². The van der Waals surface area contributed by atoms with E-state index in [1.165, 1.54) is 0 Å². The number of hydrogen-bond donors (Lipinski definition) is 1. The molecule has 0 aromatic rings. The Morgan fingerprint density at radius 3 is 2.49 bits per heavy atom. The Morgan fingerprint density at radius 1 is 1.05 bits per heavy atom. The van der Waals surface area contributed by atoms with Gasteiger partial charge in [0.05, 0.1) is 10.00 Å². The highest BCUT2D eigenvalue weighted by Crippen LogP contribution is 2.55. The first kappa shape index (κ1) is 29.6. The van der Waals surface area contributed by atoms with Crippen LogP contribution in [0.5, 0.6) is 0 Å². The number of rotatable bonds is 8. The number of alkyl halides is 2. The Labute approximate surface area is 236 Å². The molecular weight excluding hydrogens is 574 g/mol. The van der Waals surface area contributed by atoms with Gasteiger partial charge in [-0.25, -0.2) is 4.79 Å². The summed E-state index contributed by atoms with van der Waals surface area (Å²) in [5, 5.41) is -4.93. The number of carbonyl (C=O) groups excluding carboxylic acids is 3. The van der Waals surface area contributed by atoms with Gasteiger partial charge in [0.1, 0.15) is 18.5 Å². The lowest BCUT2D eigenvalue weighted by Gasteiger charge is -2.48. The van der Waals surface area contributed by atoms with Crippen molar-refractivity contribution < 1.29 is 45.6 Å². The van der Waals surface area contributed by atoms with Crippen molar-refractivity contribution in [1.82, 2.24) is 0 Å². The van der Waals surface area contributed by atoms with Gasteiger partial charge in [-0.1, -0.05) is 19.3 Å². The van der Waals surface area contributed by atoms with Crippen molar-refractivity contribution >= 4 is 51.9 Å². The molecule has 1 aliphatic heterocycles. The van der Waals surface area contributed by atoms with Crippen LogP contribution in [0.4, 0.5) is 8.78 Å². The maximum Gasteiger partial charge on any atom is 0.465 e. The average molecular weight is 611 g/mol. The largest absolute Gasteiger partial charge is 0.465 e.